The summed E-state index contributed by atoms with van der Waals surface area (Å²) in [7, 11) is 1.60. The molecule has 1 saturated heterocycles. The van der Waals surface area contributed by atoms with Crippen LogP contribution >= 0.6 is 0 Å². The number of benzene rings is 2. The van der Waals surface area contributed by atoms with Crippen LogP contribution < -0.4 is 14.8 Å². The van der Waals surface area contributed by atoms with Gasteiger partial charge in [0.2, 0.25) is 0 Å². The van der Waals surface area contributed by atoms with Gasteiger partial charge in [-0.15, -0.1) is 0 Å². The number of aromatic amines is 1. The van der Waals surface area contributed by atoms with Crippen LogP contribution in [0.1, 0.15) is 24.2 Å². The summed E-state index contributed by atoms with van der Waals surface area (Å²) in [6, 6.07) is 11.8. The quantitative estimate of drug-likeness (QED) is 0.583. The number of ether oxygens (including phenoxy) is 3. The largest absolute Gasteiger partial charge is 0.497 e. The third-order valence-corrected chi connectivity index (χ3v) is 6.37. The maximum atomic E-state index is 13.3. The molecule has 2 N–H and O–H groups in total. The van der Waals surface area contributed by atoms with Gasteiger partial charge in [0.25, 0.3) is 0 Å². The summed E-state index contributed by atoms with van der Waals surface area (Å²) in [4.78, 5) is 4.83. The zero-order valence-electron chi connectivity index (χ0n) is 18.4. The number of nitrogens with zero attached hydrogens (tertiary/aromatic N) is 1. The molecule has 0 aliphatic carbocycles. The maximum absolute atomic E-state index is 13.3. The van der Waals surface area contributed by atoms with E-state index >= 15 is 0 Å². The highest BCUT2D eigenvalue weighted by Crippen LogP contribution is 2.41. The monoisotopic (exact) mass is 461 g/mol. The van der Waals surface area contributed by atoms with Crippen LogP contribution in [0, 0.1) is 0 Å². The van der Waals surface area contributed by atoms with Crippen molar-refractivity contribution in [1.29, 1.82) is 0 Å². The Bertz CT molecular complexity index is 1150. The van der Waals surface area contributed by atoms with Crippen molar-refractivity contribution in [2.24, 2.45) is 0 Å². The summed E-state index contributed by atoms with van der Waals surface area (Å²) in [6.45, 7) is 4.62. The number of alkyl halides is 3. The summed E-state index contributed by atoms with van der Waals surface area (Å²) in [5.74, 6) is 1.40. The lowest BCUT2D eigenvalue weighted by molar-refractivity contribution is -0.140. The zero-order valence-corrected chi connectivity index (χ0v) is 18.4. The van der Waals surface area contributed by atoms with Crippen molar-refractivity contribution in [3.63, 3.8) is 0 Å². The molecule has 0 unspecified atom stereocenters. The van der Waals surface area contributed by atoms with Crippen LogP contribution in [0.25, 0.3) is 10.9 Å². The van der Waals surface area contributed by atoms with Gasteiger partial charge >= 0.3 is 6.18 Å². The number of morpholine rings is 1. The first kappa shape index (κ1) is 21.9. The highest BCUT2D eigenvalue weighted by Gasteiger charge is 2.38. The number of rotatable bonds is 4. The number of anilines is 1. The molecule has 0 radical (unpaired) electrons. The molecule has 0 spiro atoms. The minimum Gasteiger partial charge on any atom is -0.497 e. The van der Waals surface area contributed by atoms with E-state index in [0.29, 0.717) is 41.3 Å². The predicted molar refractivity (Wildman–Crippen MR) is 119 cm³/mol. The van der Waals surface area contributed by atoms with Crippen LogP contribution in [-0.4, -0.2) is 55.4 Å². The molecule has 5 rings (SSSR count). The highest BCUT2D eigenvalue weighted by molar-refractivity contribution is 5.93. The molecule has 2 aliphatic rings. The molecule has 3 heterocycles. The average molecular weight is 461 g/mol. The van der Waals surface area contributed by atoms with E-state index < -0.39 is 11.9 Å². The second kappa shape index (κ2) is 8.46. The maximum Gasteiger partial charge on any atom is 0.431 e. The summed E-state index contributed by atoms with van der Waals surface area (Å²) in [5, 5.41) is 4.05. The lowest BCUT2D eigenvalue weighted by Gasteiger charge is -2.44. The Balaban J connectivity index is 1.55. The van der Waals surface area contributed by atoms with Gasteiger partial charge in [-0.2, -0.15) is 13.2 Å². The highest BCUT2D eigenvalue weighted by atomic mass is 19.4. The normalized spacial score (nSPS) is 23.7. The van der Waals surface area contributed by atoms with Crippen LogP contribution in [0.2, 0.25) is 0 Å². The lowest BCUT2D eigenvalue weighted by Crippen LogP contribution is -2.54. The van der Waals surface area contributed by atoms with Crippen LogP contribution in [-0.2, 0) is 10.9 Å². The molecular formula is C24H26F3N3O3. The van der Waals surface area contributed by atoms with Crippen molar-refractivity contribution >= 4 is 16.6 Å². The van der Waals surface area contributed by atoms with Gasteiger partial charge in [0.1, 0.15) is 23.8 Å². The number of hydrogen-bond acceptors (Lipinski definition) is 5. The molecule has 2 aliphatic heterocycles. The van der Waals surface area contributed by atoms with E-state index in [9.17, 15) is 13.2 Å². The van der Waals surface area contributed by atoms with E-state index in [1.165, 1.54) is 0 Å². The average Bonchev–Trinajstić information content (AvgIpc) is 3.25. The van der Waals surface area contributed by atoms with Crippen molar-refractivity contribution in [2.75, 3.05) is 38.7 Å². The van der Waals surface area contributed by atoms with Gasteiger partial charge in [0.05, 0.1) is 31.9 Å². The van der Waals surface area contributed by atoms with E-state index in [4.69, 9.17) is 14.2 Å². The van der Waals surface area contributed by atoms with Crippen molar-refractivity contribution in [1.82, 2.24) is 9.88 Å². The Morgan fingerprint density at radius 1 is 1.18 bits per heavy atom. The molecule has 3 aromatic rings. The topological polar surface area (TPSA) is 58.8 Å². The predicted octanol–water partition coefficient (Wildman–Crippen LogP) is 4.83. The van der Waals surface area contributed by atoms with E-state index in [2.05, 4.69) is 15.2 Å². The molecule has 0 saturated carbocycles. The molecule has 176 valence electrons. The molecule has 0 bridgehead atoms. The Morgan fingerprint density at radius 3 is 2.79 bits per heavy atom. The Kier molecular flexibility index (Phi) is 5.62. The smallest absolute Gasteiger partial charge is 0.431 e. The van der Waals surface area contributed by atoms with Gasteiger partial charge in [-0.3, -0.25) is 4.90 Å². The van der Waals surface area contributed by atoms with Gasteiger partial charge in [0, 0.05) is 41.3 Å². The fraction of sp³-hybridized carbons (Fsp3) is 0.417. The van der Waals surface area contributed by atoms with E-state index in [1.807, 2.05) is 31.2 Å². The van der Waals surface area contributed by atoms with Crippen LogP contribution in [0.3, 0.4) is 0 Å². The Morgan fingerprint density at radius 2 is 2.03 bits per heavy atom. The Labute approximate surface area is 189 Å². The molecule has 2 aromatic carbocycles. The minimum atomic E-state index is -4.44. The van der Waals surface area contributed by atoms with Gasteiger partial charge in [-0.25, -0.2) is 0 Å². The molecule has 1 aromatic heterocycles. The van der Waals surface area contributed by atoms with Crippen LogP contribution in [0.4, 0.5) is 18.9 Å². The molecule has 1 fully saturated rings. The van der Waals surface area contributed by atoms with Gasteiger partial charge < -0.3 is 24.5 Å². The number of fused-ring (bicyclic) bond motifs is 2. The number of H-pyrrole nitrogens is 1. The van der Waals surface area contributed by atoms with Gasteiger partial charge in [-0.1, -0.05) is 6.07 Å². The van der Waals surface area contributed by atoms with Crippen molar-refractivity contribution < 1.29 is 27.4 Å². The number of aromatic nitrogens is 1. The second-order valence-corrected chi connectivity index (χ2v) is 8.53. The molecule has 9 heteroatoms. The number of halogens is 3. The number of hydrogen-bond donors (Lipinski definition) is 2. The number of nitrogens with one attached hydrogen (secondary N) is 2. The van der Waals surface area contributed by atoms with Crippen molar-refractivity contribution in [3.05, 3.63) is 53.7 Å². The lowest BCUT2D eigenvalue weighted by atomic mass is 9.93. The third-order valence-electron chi connectivity index (χ3n) is 6.37. The van der Waals surface area contributed by atoms with Crippen LogP contribution in [0.15, 0.2) is 42.5 Å². The fourth-order valence-electron chi connectivity index (χ4n) is 4.74. The summed E-state index contributed by atoms with van der Waals surface area (Å²) in [6.07, 6.45) is -4.34. The summed E-state index contributed by atoms with van der Waals surface area (Å²) in [5.41, 5.74) is 1.25. The second-order valence-electron chi connectivity index (χ2n) is 8.53. The fourth-order valence-corrected chi connectivity index (χ4v) is 4.74. The third kappa shape index (κ3) is 4.22. The Hall–Kier alpha value is -2.91. The standard InChI is InChI=1S/C24H26F3N3O3/c1-14-12-30(8-9-32-14)20-13-33-21-10-15(31-2)6-7-16(21)23(20)29-19-5-3-4-18-17(19)11-22(28-18)24(25,26)27/h3-7,10-11,14,20,23,28-29H,8-9,12-13H2,1-2H3/t14-,20+,23+/m1/s1. The molecule has 0 amide bonds. The number of methoxy groups -OCH3 is 1. The molecule has 3 atom stereocenters. The summed E-state index contributed by atoms with van der Waals surface area (Å²) < 4.78 is 57.2. The SMILES string of the molecule is COc1ccc2c(c1)OC[C@H](N1CCO[C@H](C)C1)[C@H]2Nc1cccc2[nH]c(C(F)(F)F)cc12. The van der Waals surface area contributed by atoms with E-state index in [0.717, 1.165) is 24.7 Å². The van der Waals surface area contributed by atoms with E-state index in [1.54, 1.807) is 19.2 Å². The van der Waals surface area contributed by atoms with Crippen molar-refractivity contribution in [2.45, 2.75) is 31.3 Å². The first-order valence-electron chi connectivity index (χ1n) is 11.0. The zero-order chi connectivity index (χ0) is 23.2. The van der Waals surface area contributed by atoms with Crippen LogP contribution in [0.5, 0.6) is 11.5 Å². The first-order valence-corrected chi connectivity index (χ1v) is 11.0. The minimum absolute atomic E-state index is 0.0199. The summed E-state index contributed by atoms with van der Waals surface area (Å²) >= 11 is 0. The molecular weight excluding hydrogens is 435 g/mol. The molecule has 33 heavy (non-hydrogen) atoms. The van der Waals surface area contributed by atoms with Crippen molar-refractivity contribution in [3.8, 4) is 11.5 Å². The van der Waals surface area contributed by atoms with Gasteiger partial charge in [-0.05, 0) is 37.3 Å². The van der Waals surface area contributed by atoms with E-state index in [-0.39, 0.29) is 18.2 Å². The van der Waals surface area contributed by atoms with Gasteiger partial charge in [0.15, 0.2) is 0 Å². The molecule has 6 nitrogen and oxygen atoms in total. The first-order chi connectivity index (χ1) is 15.8.